The van der Waals surface area contributed by atoms with E-state index in [0.29, 0.717) is 12.1 Å². The van der Waals surface area contributed by atoms with Crippen LogP contribution < -0.4 is 11.5 Å². The van der Waals surface area contributed by atoms with E-state index >= 15 is 0 Å². The van der Waals surface area contributed by atoms with Gasteiger partial charge < -0.3 is 26.0 Å². The second-order valence-corrected chi connectivity index (χ2v) is 8.34. The maximum Gasteiger partial charge on any atom is 0.356 e. The molecule has 12 heteroatoms. The van der Waals surface area contributed by atoms with Crippen molar-refractivity contribution < 1.29 is 33.8 Å². The molecule has 0 aliphatic rings. The summed E-state index contributed by atoms with van der Waals surface area (Å²) < 4.78 is 10.8. The number of aromatic nitrogens is 3. The zero-order chi connectivity index (χ0) is 26.5. The van der Waals surface area contributed by atoms with Gasteiger partial charge in [0.15, 0.2) is 17.0 Å². The van der Waals surface area contributed by atoms with E-state index in [4.69, 9.17) is 21.3 Å². The predicted molar refractivity (Wildman–Crippen MR) is 124 cm³/mol. The van der Waals surface area contributed by atoms with Crippen LogP contribution in [-0.2, 0) is 16.0 Å². The number of esters is 2. The van der Waals surface area contributed by atoms with E-state index in [0.717, 1.165) is 35.0 Å². The lowest BCUT2D eigenvalue weighted by molar-refractivity contribution is 0.00682. The number of carboxylic acid groups (broad SMARTS) is 1. The van der Waals surface area contributed by atoms with Crippen molar-refractivity contribution in [2.45, 2.75) is 39.8 Å². The number of carbonyl (C=O) groups is 4. The first kappa shape index (κ1) is 26.9. The minimum Gasteiger partial charge on any atom is -0.477 e. The Morgan fingerprint density at radius 1 is 1.09 bits per heavy atom. The number of hydrogen-bond acceptors (Lipinski definition) is 9. The Hall–Kier alpha value is -4.32. The fraction of sp³-hybridized carbons (Fsp3) is 0.304. The molecule has 2 heterocycles. The lowest BCUT2D eigenvalue weighted by Crippen LogP contribution is -2.24. The molecule has 35 heavy (non-hydrogen) atoms. The molecule has 5 N–H and O–H groups in total. The van der Waals surface area contributed by atoms with Crippen molar-refractivity contribution in [2.24, 2.45) is 11.5 Å². The summed E-state index contributed by atoms with van der Waals surface area (Å²) >= 11 is 0. The quantitative estimate of drug-likeness (QED) is 0.449. The molecule has 3 aromatic rings. The molecular weight excluding hydrogens is 458 g/mol. The topological polar surface area (TPSA) is 189 Å². The molecule has 0 saturated carbocycles. The number of carboxylic acids is 1. The molecule has 1 aromatic carbocycles. The molecule has 0 saturated heterocycles. The van der Waals surface area contributed by atoms with Crippen LogP contribution >= 0.6 is 0 Å². The monoisotopic (exact) mass is 485 g/mol. The maximum absolute atomic E-state index is 11.8. The van der Waals surface area contributed by atoms with Gasteiger partial charge in [0.1, 0.15) is 11.2 Å². The Morgan fingerprint density at radius 3 is 2.23 bits per heavy atom. The molecule has 0 atom stereocenters. The first-order chi connectivity index (χ1) is 16.3. The van der Waals surface area contributed by atoms with Crippen molar-refractivity contribution in [1.29, 1.82) is 0 Å². The number of rotatable bonds is 5. The summed E-state index contributed by atoms with van der Waals surface area (Å²) in [6.07, 6.45) is 1.10. The van der Waals surface area contributed by atoms with Gasteiger partial charge in [-0.05, 0) is 44.9 Å². The summed E-state index contributed by atoms with van der Waals surface area (Å²) in [7, 11) is 1.13. The van der Waals surface area contributed by atoms with Crippen molar-refractivity contribution in [1.82, 2.24) is 14.6 Å². The normalized spacial score (nSPS) is 10.8. The van der Waals surface area contributed by atoms with Gasteiger partial charge in [0.25, 0.3) is 5.91 Å². The van der Waals surface area contributed by atoms with E-state index < -0.39 is 29.1 Å². The van der Waals surface area contributed by atoms with Crippen LogP contribution in [0.5, 0.6) is 0 Å². The zero-order valence-electron chi connectivity index (χ0n) is 20.0. The summed E-state index contributed by atoms with van der Waals surface area (Å²) in [6, 6.07) is 6.54. The lowest BCUT2D eigenvalue weighted by Gasteiger charge is -2.20. The van der Waals surface area contributed by atoms with E-state index in [9.17, 15) is 19.2 Å². The van der Waals surface area contributed by atoms with Gasteiger partial charge in [-0.15, -0.1) is 0 Å². The number of amides is 1. The number of carbonyl (C=O) groups excluding carboxylic acids is 3. The highest BCUT2D eigenvalue weighted by molar-refractivity contribution is 6.00. The highest BCUT2D eigenvalue weighted by Crippen LogP contribution is 2.16. The minimum absolute atomic E-state index is 0.0896. The molecule has 0 bridgehead atoms. The average molecular weight is 485 g/mol. The molecule has 2 aromatic heterocycles. The standard InChI is InChI=1S/C13H19NO2.C10H8N4O5/c1-9-7-10(8-14)5-6-11(9)12(15)16-13(2,3)4;1-19-10(18)6-2-5(9(16)17)13-8-4(7(11)15)3-12-14(6)8/h5-7H,8,14H2,1-4H3;2-3H,1H3,(H2,11,15)(H,16,17). The molecule has 1 amide bonds. The molecule has 0 aliphatic carbocycles. The number of fused-ring (bicyclic) bond motifs is 1. The van der Waals surface area contributed by atoms with Gasteiger partial charge in [-0.25, -0.2) is 23.9 Å². The fourth-order valence-electron chi connectivity index (χ4n) is 2.91. The number of benzene rings is 1. The van der Waals surface area contributed by atoms with Crippen LogP contribution in [0.1, 0.15) is 73.6 Å². The van der Waals surface area contributed by atoms with Gasteiger partial charge in [-0.3, -0.25) is 4.79 Å². The van der Waals surface area contributed by atoms with E-state index in [1.807, 2.05) is 39.8 Å². The minimum atomic E-state index is -1.36. The molecular formula is C23H27N5O7. The first-order valence-corrected chi connectivity index (χ1v) is 10.3. The van der Waals surface area contributed by atoms with E-state index in [1.54, 1.807) is 6.07 Å². The Morgan fingerprint density at radius 2 is 1.74 bits per heavy atom. The molecule has 186 valence electrons. The smallest absolute Gasteiger partial charge is 0.356 e. The van der Waals surface area contributed by atoms with Crippen molar-refractivity contribution >= 4 is 29.5 Å². The number of ether oxygens (including phenoxy) is 2. The number of aryl methyl sites for hydroxylation is 1. The number of methoxy groups -OCH3 is 1. The third kappa shape index (κ3) is 6.60. The van der Waals surface area contributed by atoms with Crippen LogP contribution in [0.3, 0.4) is 0 Å². The fourth-order valence-corrected chi connectivity index (χ4v) is 2.91. The third-order valence-electron chi connectivity index (χ3n) is 4.50. The highest BCUT2D eigenvalue weighted by Gasteiger charge is 2.21. The largest absolute Gasteiger partial charge is 0.477 e. The number of nitrogens with two attached hydrogens (primary N) is 2. The number of nitrogens with zero attached hydrogens (tertiary/aromatic N) is 3. The molecule has 0 radical (unpaired) electrons. The molecule has 12 nitrogen and oxygen atoms in total. The van der Waals surface area contributed by atoms with E-state index in [-0.39, 0.29) is 22.9 Å². The Balaban J connectivity index is 0.000000251. The molecule has 0 spiro atoms. The summed E-state index contributed by atoms with van der Waals surface area (Å²) in [5.74, 6) is -3.28. The highest BCUT2D eigenvalue weighted by atomic mass is 16.6. The summed E-state index contributed by atoms with van der Waals surface area (Å²) in [4.78, 5) is 49.2. The third-order valence-corrected chi connectivity index (χ3v) is 4.50. The number of hydrogen-bond donors (Lipinski definition) is 3. The molecule has 0 fully saturated rings. The van der Waals surface area contributed by atoms with Crippen molar-refractivity contribution in [3.8, 4) is 0 Å². The lowest BCUT2D eigenvalue weighted by atomic mass is 10.0. The molecule has 3 rings (SSSR count). The second kappa shape index (κ2) is 10.7. The van der Waals surface area contributed by atoms with Gasteiger partial charge in [-0.2, -0.15) is 5.10 Å². The Bertz CT molecular complexity index is 1290. The first-order valence-electron chi connectivity index (χ1n) is 10.3. The maximum atomic E-state index is 11.8. The molecule has 0 unspecified atom stereocenters. The van der Waals surface area contributed by atoms with E-state index in [1.165, 1.54) is 0 Å². The van der Waals surface area contributed by atoms with E-state index in [2.05, 4.69) is 14.8 Å². The van der Waals surface area contributed by atoms with Crippen molar-refractivity contribution in [3.05, 3.63) is 64.1 Å². The number of primary amides is 1. The summed E-state index contributed by atoms with van der Waals surface area (Å²) in [6.45, 7) is 7.94. The second-order valence-electron chi connectivity index (χ2n) is 8.34. The van der Waals surface area contributed by atoms with Gasteiger partial charge in [0.05, 0.1) is 18.9 Å². The number of aromatic carboxylic acids is 1. The molecule has 0 aliphatic heterocycles. The van der Waals surface area contributed by atoms with Crippen LogP contribution in [0.4, 0.5) is 0 Å². The van der Waals surface area contributed by atoms with Crippen molar-refractivity contribution in [3.63, 3.8) is 0 Å². The predicted octanol–water partition coefficient (Wildman–Crippen LogP) is 1.72. The SMILES string of the molecule is COC(=O)c1cc(C(=O)O)nc2c(C(N)=O)cnn12.Cc1cc(CN)ccc1C(=O)OC(C)(C)C. The van der Waals surface area contributed by atoms with Crippen molar-refractivity contribution in [2.75, 3.05) is 7.11 Å². The summed E-state index contributed by atoms with van der Waals surface area (Å²) in [5, 5.41) is 12.7. The Labute approximate surface area is 200 Å². The summed E-state index contributed by atoms with van der Waals surface area (Å²) in [5.41, 5.74) is 11.9. The van der Waals surface area contributed by atoms with Gasteiger partial charge in [-0.1, -0.05) is 12.1 Å². The van der Waals surface area contributed by atoms with Gasteiger partial charge >= 0.3 is 17.9 Å². The van der Waals surface area contributed by atoms with Gasteiger partial charge in [0, 0.05) is 12.6 Å². The zero-order valence-corrected chi connectivity index (χ0v) is 20.0. The van der Waals surface area contributed by atoms with Gasteiger partial charge in [0.2, 0.25) is 0 Å². The average Bonchev–Trinajstić information content (AvgIpc) is 3.21. The van der Waals surface area contributed by atoms with Crippen LogP contribution in [0, 0.1) is 6.92 Å². The van der Waals surface area contributed by atoms with Crippen LogP contribution in [0.15, 0.2) is 30.5 Å². The van der Waals surface area contributed by atoms with Crippen LogP contribution in [0.25, 0.3) is 5.65 Å². The Kier molecular flexibility index (Phi) is 8.26. The van der Waals surface area contributed by atoms with Crippen LogP contribution in [-0.4, -0.2) is 56.2 Å². The van der Waals surface area contributed by atoms with Crippen LogP contribution in [0.2, 0.25) is 0 Å².